The Labute approximate surface area is 115 Å². The number of carbonyl (C=O) groups is 1. The van der Waals surface area contributed by atoms with Crippen LogP contribution in [0.5, 0.6) is 0 Å². The summed E-state index contributed by atoms with van der Waals surface area (Å²) in [5.74, 6) is 0.438. The van der Waals surface area contributed by atoms with E-state index in [-0.39, 0.29) is 11.7 Å². The summed E-state index contributed by atoms with van der Waals surface area (Å²) in [6, 6.07) is 5.82. The van der Waals surface area contributed by atoms with Crippen molar-refractivity contribution in [2.24, 2.45) is 0 Å². The molecule has 2 aromatic rings. The van der Waals surface area contributed by atoms with Crippen molar-refractivity contribution in [3.8, 4) is 0 Å². The molecule has 0 amide bonds. The molecule has 1 aliphatic carbocycles. The van der Waals surface area contributed by atoms with Crippen LogP contribution >= 0.6 is 22.9 Å². The van der Waals surface area contributed by atoms with Crippen LogP contribution in [0.15, 0.2) is 24.4 Å². The minimum absolute atomic E-state index is 0.205. The van der Waals surface area contributed by atoms with Crippen LogP contribution in [0.3, 0.4) is 0 Å². The number of carbonyl (C=O) groups excluding carboxylic acids is 1. The fraction of sp³-hybridized carbons (Fsp3) is 0.286. The van der Waals surface area contributed by atoms with Gasteiger partial charge in [-0.05, 0) is 37.1 Å². The van der Waals surface area contributed by atoms with Gasteiger partial charge in [-0.1, -0.05) is 11.6 Å². The number of halogens is 1. The highest BCUT2D eigenvalue weighted by Gasteiger charge is 2.29. The van der Waals surface area contributed by atoms with Gasteiger partial charge in [0.1, 0.15) is 0 Å². The molecule has 1 atom stereocenters. The summed E-state index contributed by atoms with van der Waals surface area (Å²) in [6.07, 6.45) is 3.18. The summed E-state index contributed by atoms with van der Waals surface area (Å²) in [7, 11) is 0. The number of pyridine rings is 1. The first-order chi connectivity index (χ1) is 8.65. The van der Waals surface area contributed by atoms with Crippen molar-refractivity contribution < 1.29 is 4.79 Å². The number of nitrogens with zero attached hydrogens (tertiary/aromatic N) is 1. The van der Waals surface area contributed by atoms with Gasteiger partial charge in [-0.25, -0.2) is 0 Å². The number of Topliss-reactive ketones (excluding diaryl/α,β-unsaturated/α-hetero) is 1. The SMILES string of the molecule is Cc1ccnc2c1C(=O)CC(c1ccc(Cl)s1)C2. The lowest BCUT2D eigenvalue weighted by Gasteiger charge is -2.23. The van der Waals surface area contributed by atoms with Crippen molar-refractivity contribution in [1.29, 1.82) is 0 Å². The first-order valence-electron chi connectivity index (χ1n) is 5.88. The Morgan fingerprint density at radius 2 is 2.17 bits per heavy atom. The Morgan fingerprint density at radius 1 is 1.33 bits per heavy atom. The lowest BCUT2D eigenvalue weighted by Crippen LogP contribution is -2.20. The average Bonchev–Trinajstić information content (AvgIpc) is 2.75. The number of rotatable bonds is 1. The van der Waals surface area contributed by atoms with Gasteiger partial charge < -0.3 is 0 Å². The molecule has 18 heavy (non-hydrogen) atoms. The third-order valence-electron chi connectivity index (χ3n) is 3.38. The molecule has 0 saturated heterocycles. The molecular formula is C14H12ClNOS. The van der Waals surface area contributed by atoms with Crippen molar-refractivity contribution >= 4 is 28.7 Å². The van der Waals surface area contributed by atoms with E-state index in [1.165, 1.54) is 4.88 Å². The fourth-order valence-corrected chi connectivity index (χ4v) is 3.69. The van der Waals surface area contributed by atoms with Gasteiger partial charge >= 0.3 is 0 Å². The summed E-state index contributed by atoms with van der Waals surface area (Å²) in [5.41, 5.74) is 2.80. The van der Waals surface area contributed by atoms with Crippen LogP contribution in [0.2, 0.25) is 4.34 Å². The Bertz CT molecular complexity index is 620. The van der Waals surface area contributed by atoms with Gasteiger partial charge in [-0.15, -0.1) is 11.3 Å². The van der Waals surface area contributed by atoms with Crippen LogP contribution in [-0.4, -0.2) is 10.8 Å². The third-order valence-corrected chi connectivity index (χ3v) is 4.78. The Hall–Kier alpha value is -1.19. The topological polar surface area (TPSA) is 30.0 Å². The maximum Gasteiger partial charge on any atom is 0.165 e. The van der Waals surface area contributed by atoms with E-state index in [0.717, 1.165) is 27.6 Å². The Morgan fingerprint density at radius 3 is 2.89 bits per heavy atom. The van der Waals surface area contributed by atoms with Gasteiger partial charge in [0.2, 0.25) is 0 Å². The fourth-order valence-electron chi connectivity index (χ4n) is 2.53. The number of thiophene rings is 1. The Kier molecular flexibility index (Phi) is 2.96. The smallest absolute Gasteiger partial charge is 0.165 e. The Balaban J connectivity index is 1.99. The van der Waals surface area contributed by atoms with Gasteiger partial charge in [0.15, 0.2) is 5.78 Å². The van der Waals surface area contributed by atoms with Crippen molar-refractivity contribution in [2.45, 2.75) is 25.7 Å². The molecule has 0 radical (unpaired) electrons. The van der Waals surface area contributed by atoms with E-state index in [1.54, 1.807) is 17.5 Å². The van der Waals surface area contributed by atoms with E-state index in [4.69, 9.17) is 11.6 Å². The maximum absolute atomic E-state index is 12.2. The molecule has 0 N–H and O–H groups in total. The van der Waals surface area contributed by atoms with E-state index < -0.39 is 0 Å². The van der Waals surface area contributed by atoms with Crippen LogP contribution in [0.25, 0.3) is 0 Å². The van der Waals surface area contributed by atoms with Gasteiger partial charge in [0.25, 0.3) is 0 Å². The summed E-state index contributed by atoms with van der Waals surface area (Å²) in [6.45, 7) is 1.97. The molecule has 4 heteroatoms. The van der Waals surface area contributed by atoms with Crippen LogP contribution < -0.4 is 0 Å². The first kappa shape index (κ1) is 11.9. The number of aromatic nitrogens is 1. The van der Waals surface area contributed by atoms with E-state index in [0.29, 0.717) is 6.42 Å². The van der Waals surface area contributed by atoms with E-state index in [2.05, 4.69) is 4.98 Å². The third kappa shape index (κ3) is 1.98. The van der Waals surface area contributed by atoms with Crippen LogP contribution in [0.1, 0.15) is 38.8 Å². The molecule has 0 aliphatic heterocycles. The zero-order valence-electron chi connectivity index (χ0n) is 9.94. The van der Waals surface area contributed by atoms with E-state index in [9.17, 15) is 4.79 Å². The normalized spacial score (nSPS) is 18.8. The van der Waals surface area contributed by atoms with Crippen molar-refractivity contribution in [3.05, 3.63) is 50.4 Å². The van der Waals surface area contributed by atoms with Crippen LogP contribution in [-0.2, 0) is 6.42 Å². The van der Waals surface area contributed by atoms with Crippen LogP contribution in [0.4, 0.5) is 0 Å². The van der Waals surface area contributed by atoms with Gasteiger partial charge in [-0.3, -0.25) is 9.78 Å². The summed E-state index contributed by atoms with van der Waals surface area (Å²) in [4.78, 5) is 17.8. The lowest BCUT2D eigenvalue weighted by molar-refractivity contribution is 0.0963. The molecule has 0 fully saturated rings. The number of hydrogen-bond acceptors (Lipinski definition) is 3. The number of fused-ring (bicyclic) bond motifs is 1. The second-order valence-corrected chi connectivity index (χ2v) is 6.37. The monoisotopic (exact) mass is 277 g/mol. The van der Waals surface area contributed by atoms with Crippen molar-refractivity contribution in [3.63, 3.8) is 0 Å². The molecule has 2 nitrogen and oxygen atoms in total. The van der Waals surface area contributed by atoms with E-state index >= 15 is 0 Å². The largest absolute Gasteiger partial charge is 0.294 e. The summed E-state index contributed by atoms with van der Waals surface area (Å²) >= 11 is 7.52. The molecule has 92 valence electrons. The minimum Gasteiger partial charge on any atom is -0.294 e. The van der Waals surface area contributed by atoms with Crippen molar-refractivity contribution in [1.82, 2.24) is 4.98 Å². The number of hydrogen-bond donors (Lipinski definition) is 0. The highest BCUT2D eigenvalue weighted by atomic mass is 35.5. The van der Waals surface area contributed by atoms with Gasteiger partial charge in [0, 0.05) is 29.0 Å². The average molecular weight is 278 g/mol. The molecule has 1 aliphatic rings. The number of aryl methyl sites for hydroxylation is 1. The highest BCUT2D eigenvalue weighted by molar-refractivity contribution is 7.16. The summed E-state index contributed by atoms with van der Waals surface area (Å²) in [5, 5.41) is 0. The molecule has 0 saturated carbocycles. The second-order valence-electron chi connectivity index (χ2n) is 4.62. The highest BCUT2D eigenvalue weighted by Crippen LogP contribution is 2.37. The summed E-state index contributed by atoms with van der Waals surface area (Å²) < 4.78 is 0.778. The zero-order valence-corrected chi connectivity index (χ0v) is 11.5. The molecule has 3 rings (SSSR count). The van der Waals surface area contributed by atoms with Gasteiger partial charge in [-0.2, -0.15) is 0 Å². The van der Waals surface area contributed by atoms with E-state index in [1.807, 2.05) is 25.1 Å². The van der Waals surface area contributed by atoms with Gasteiger partial charge in [0.05, 0.1) is 10.0 Å². The van der Waals surface area contributed by atoms with Crippen LogP contribution in [0, 0.1) is 6.92 Å². The molecule has 1 unspecified atom stereocenters. The predicted molar refractivity (Wildman–Crippen MR) is 73.7 cm³/mol. The maximum atomic E-state index is 12.2. The molecular weight excluding hydrogens is 266 g/mol. The minimum atomic E-state index is 0.205. The molecule has 0 aromatic carbocycles. The second kappa shape index (κ2) is 4.48. The quantitative estimate of drug-likeness (QED) is 0.788. The molecule has 2 heterocycles. The first-order valence-corrected chi connectivity index (χ1v) is 7.07. The molecule has 0 spiro atoms. The molecule has 0 bridgehead atoms. The molecule has 2 aromatic heterocycles. The van der Waals surface area contributed by atoms with Crippen molar-refractivity contribution in [2.75, 3.05) is 0 Å². The standard InChI is InChI=1S/C14H12ClNOS/c1-8-4-5-16-10-6-9(7-11(17)14(8)10)12-2-3-13(15)18-12/h2-5,9H,6-7H2,1H3. The lowest BCUT2D eigenvalue weighted by atomic mass is 9.83. The number of ketones is 1. The predicted octanol–water partition coefficient (Wildman–Crippen LogP) is 4.02. The zero-order chi connectivity index (χ0) is 12.7.